The molecule has 7 heteroatoms. The van der Waals surface area contributed by atoms with E-state index in [1.165, 1.54) is 0 Å². The molecule has 0 bridgehead atoms. The summed E-state index contributed by atoms with van der Waals surface area (Å²) >= 11 is 0. The fourth-order valence-electron chi connectivity index (χ4n) is 3.18. The van der Waals surface area contributed by atoms with E-state index in [2.05, 4.69) is 5.32 Å². The summed E-state index contributed by atoms with van der Waals surface area (Å²) in [6, 6.07) is -0.179. The van der Waals surface area contributed by atoms with Crippen LogP contribution in [-0.2, 0) is 9.59 Å². The Kier molecular flexibility index (Phi) is 4.70. The molecule has 2 aliphatic rings. The molecule has 2 saturated heterocycles. The van der Waals surface area contributed by atoms with Crippen LogP contribution in [0.15, 0.2) is 0 Å². The normalized spacial score (nSPS) is 33.5. The minimum atomic E-state index is -1.34. The molecule has 2 fully saturated rings. The lowest BCUT2D eigenvalue weighted by Crippen LogP contribution is -2.55. The van der Waals surface area contributed by atoms with Crippen molar-refractivity contribution in [3.05, 3.63) is 0 Å². The highest BCUT2D eigenvalue weighted by Gasteiger charge is 2.51. The van der Waals surface area contributed by atoms with Crippen molar-refractivity contribution < 1.29 is 14.7 Å². The lowest BCUT2D eigenvalue weighted by molar-refractivity contribution is -0.144. The van der Waals surface area contributed by atoms with E-state index in [0.717, 1.165) is 25.8 Å². The van der Waals surface area contributed by atoms with Gasteiger partial charge in [0.05, 0.1) is 13.9 Å². The van der Waals surface area contributed by atoms with Crippen LogP contribution < -0.4 is 11.1 Å². The van der Waals surface area contributed by atoms with Gasteiger partial charge in [0.1, 0.15) is 5.54 Å². The smallest absolute Gasteiger partial charge is 0.325 e. The minimum Gasteiger partial charge on any atom is -0.480 e. The summed E-state index contributed by atoms with van der Waals surface area (Å²) in [6.07, 6.45) is 3.66. The van der Waals surface area contributed by atoms with Crippen molar-refractivity contribution >= 4 is 19.7 Å². The molecule has 2 rings (SSSR count). The standard InChI is InChI=1S/C13H22BN3O3/c14-5-1-3-9-7-17(8-13(9,15)12(19)20)11(18)10-4-2-6-16-10/h9-10,16H,1-8,15H2,(H,19,20)/t9-,10?,13-/m0/s1. The van der Waals surface area contributed by atoms with Gasteiger partial charge in [0, 0.05) is 19.0 Å². The van der Waals surface area contributed by atoms with E-state index in [9.17, 15) is 14.7 Å². The average molecular weight is 279 g/mol. The number of aliphatic carboxylic acids is 1. The summed E-state index contributed by atoms with van der Waals surface area (Å²) in [5.41, 5.74) is 4.72. The predicted octanol–water partition coefficient (Wildman–Crippen LogP) is -0.654. The van der Waals surface area contributed by atoms with Crippen LogP contribution in [0.4, 0.5) is 0 Å². The SMILES string of the molecule is [B]CCC[C@H]1CN(C(=O)C2CCCN2)C[C@@]1(N)C(=O)O. The molecule has 0 aromatic heterocycles. The van der Waals surface area contributed by atoms with Gasteiger partial charge in [-0.15, -0.1) is 0 Å². The van der Waals surface area contributed by atoms with Gasteiger partial charge in [0.25, 0.3) is 0 Å². The van der Waals surface area contributed by atoms with E-state index in [1.54, 1.807) is 4.90 Å². The second kappa shape index (κ2) is 6.14. The van der Waals surface area contributed by atoms with Crippen LogP contribution in [0.3, 0.4) is 0 Å². The number of nitrogens with one attached hydrogen (secondary N) is 1. The Morgan fingerprint density at radius 1 is 1.50 bits per heavy atom. The van der Waals surface area contributed by atoms with Crippen LogP contribution in [0.1, 0.15) is 25.7 Å². The molecule has 0 aliphatic carbocycles. The molecule has 20 heavy (non-hydrogen) atoms. The maximum Gasteiger partial charge on any atom is 0.325 e. The highest BCUT2D eigenvalue weighted by molar-refractivity contribution is 6.08. The van der Waals surface area contributed by atoms with Crippen molar-refractivity contribution in [2.45, 2.75) is 43.6 Å². The molecule has 110 valence electrons. The quantitative estimate of drug-likeness (QED) is 0.581. The molecule has 4 N–H and O–H groups in total. The zero-order valence-corrected chi connectivity index (χ0v) is 11.7. The molecule has 0 aromatic carbocycles. The topological polar surface area (TPSA) is 95.7 Å². The van der Waals surface area contributed by atoms with Crippen molar-refractivity contribution in [3.63, 3.8) is 0 Å². The maximum absolute atomic E-state index is 12.4. The van der Waals surface area contributed by atoms with Crippen molar-refractivity contribution in [3.8, 4) is 0 Å². The van der Waals surface area contributed by atoms with E-state index in [0.29, 0.717) is 19.3 Å². The molecule has 0 saturated carbocycles. The number of likely N-dealkylation sites (tertiary alicyclic amines) is 1. The van der Waals surface area contributed by atoms with Gasteiger partial charge in [-0.05, 0) is 25.8 Å². The average Bonchev–Trinajstić information content (AvgIpc) is 3.04. The Hall–Kier alpha value is -1.08. The van der Waals surface area contributed by atoms with Crippen LogP contribution >= 0.6 is 0 Å². The third-order valence-corrected chi connectivity index (χ3v) is 4.45. The Bertz CT molecular complexity index is 387. The fraction of sp³-hybridized carbons (Fsp3) is 0.846. The van der Waals surface area contributed by atoms with Crippen molar-refractivity contribution in [1.82, 2.24) is 10.2 Å². The van der Waals surface area contributed by atoms with E-state index >= 15 is 0 Å². The van der Waals surface area contributed by atoms with Gasteiger partial charge in [0.15, 0.2) is 0 Å². The predicted molar refractivity (Wildman–Crippen MR) is 75.4 cm³/mol. The molecule has 2 aliphatic heterocycles. The van der Waals surface area contributed by atoms with Gasteiger partial charge in [-0.1, -0.05) is 12.7 Å². The first kappa shape index (κ1) is 15.3. The van der Waals surface area contributed by atoms with Gasteiger partial charge in [-0.2, -0.15) is 0 Å². The summed E-state index contributed by atoms with van der Waals surface area (Å²) in [5.74, 6) is -1.28. The number of hydrogen-bond donors (Lipinski definition) is 3. The van der Waals surface area contributed by atoms with Gasteiger partial charge >= 0.3 is 5.97 Å². The third kappa shape index (κ3) is 2.83. The number of nitrogens with zero attached hydrogens (tertiary/aromatic N) is 1. The lowest BCUT2D eigenvalue weighted by Gasteiger charge is -2.25. The van der Waals surface area contributed by atoms with Gasteiger partial charge < -0.3 is 21.1 Å². The Balaban J connectivity index is 2.06. The molecule has 0 aromatic rings. The molecular weight excluding hydrogens is 257 g/mol. The molecule has 2 heterocycles. The zero-order valence-electron chi connectivity index (χ0n) is 11.7. The lowest BCUT2D eigenvalue weighted by atomic mass is 9.83. The number of carboxylic acids is 1. The first-order chi connectivity index (χ1) is 9.49. The van der Waals surface area contributed by atoms with Crippen molar-refractivity contribution in [1.29, 1.82) is 0 Å². The molecule has 6 nitrogen and oxygen atoms in total. The summed E-state index contributed by atoms with van der Waals surface area (Å²) in [4.78, 5) is 25.5. The van der Waals surface area contributed by atoms with Gasteiger partial charge in [0.2, 0.25) is 5.91 Å². The number of hydrogen-bond acceptors (Lipinski definition) is 4. The highest BCUT2D eigenvalue weighted by atomic mass is 16.4. The summed E-state index contributed by atoms with van der Waals surface area (Å²) in [5, 5.41) is 12.5. The largest absolute Gasteiger partial charge is 0.480 e. The number of carbonyl (C=O) groups is 2. The van der Waals surface area contributed by atoms with Gasteiger partial charge in [-0.3, -0.25) is 9.59 Å². The fourth-order valence-corrected chi connectivity index (χ4v) is 3.18. The summed E-state index contributed by atoms with van der Waals surface area (Å²) in [6.45, 7) is 1.35. The number of nitrogens with two attached hydrogens (primary N) is 1. The van der Waals surface area contributed by atoms with Crippen LogP contribution in [-0.4, -0.2) is 60.9 Å². The second-order valence-electron chi connectivity index (χ2n) is 5.84. The monoisotopic (exact) mass is 279 g/mol. The minimum absolute atomic E-state index is 0.0196. The van der Waals surface area contributed by atoms with Crippen LogP contribution in [0.2, 0.25) is 6.32 Å². The van der Waals surface area contributed by atoms with Crippen LogP contribution in [0.5, 0.6) is 0 Å². The van der Waals surface area contributed by atoms with Crippen LogP contribution in [0, 0.1) is 5.92 Å². The van der Waals surface area contributed by atoms with E-state index in [4.69, 9.17) is 13.6 Å². The molecule has 3 atom stereocenters. The maximum atomic E-state index is 12.4. The van der Waals surface area contributed by atoms with E-state index < -0.39 is 11.5 Å². The van der Waals surface area contributed by atoms with Crippen molar-refractivity contribution in [2.75, 3.05) is 19.6 Å². The molecular formula is C13H22BN3O3. The van der Waals surface area contributed by atoms with E-state index in [1.807, 2.05) is 0 Å². The Morgan fingerprint density at radius 2 is 2.25 bits per heavy atom. The number of carbonyl (C=O) groups excluding carboxylic acids is 1. The van der Waals surface area contributed by atoms with Gasteiger partial charge in [-0.25, -0.2) is 0 Å². The molecule has 1 unspecified atom stereocenters. The van der Waals surface area contributed by atoms with E-state index in [-0.39, 0.29) is 24.4 Å². The van der Waals surface area contributed by atoms with Crippen molar-refractivity contribution in [2.24, 2.45) is 11.7 Å². The third-order valence-electron chi connectivity index (χ3n) is 4.45. The first-order valence-electron chi connectivity index (χ1n) is 7.23. The zero-order chi connectivity index (χ0) is 14.8. The molecule has 0 spiro atoms. The number of carboxylic acid groups (broad SMARTS) is 1. The number of amides is 1. The second-order valence-corrected chi connectivity index (χ2v) is 5.84. The highest BCUT2D eigenvalue weighted by Crippen LogP contribution is 2.31. The Morgan fingerprint density at radius 3 is 2.80 bits per heavy atom. The summed E-state index contributed by atoms with van der Waals surface area (Å²) < 4.78 is 0. The molecule has 2 radical (unpaired) electrons. The Labute approximate surface area is 120 Å². The first-order valence-corrected chi connectivity index (χ1v) is 7.23. The molecule has 1 amide bonds. The summed E-state index contributed by atoms with van der Waals surface area (Å²) in [7, 11) is 5.49. The van der Waals surface area contributed by atoms with Crippen LogP contribution in [0.25, 0.3) is 0 Å². The number of rotatable bonds is 5.